The Bertz CT molecular complexity index is 580. The number of hydrogen-bond acceptors (Lipinski definition) is 5. The molecule has 4 rings (SSSR count). The van der Waals surface area contributed by atoms with Crippen LogP contribution in [0.1, 0.15) is 70.6 Å². The molecule has 152 valence electrons. The first-order valence-electron chi connectivity index (χ1n) is 10.6. The second-order valence-corrected chi connectivity index (χ2v) is 9.71. The van der Waals surface area contributed by atoms with Gasteiger partial charge >= 0.3 is 0 Å². The molecule has 7 heteroatoms. The Morgan fingerprint density at radius 3 is 2.30 bits per heavy atom. The van der Waals surface area contributed by atoms with Gasteiger partial charge in [-0.15, -0.1) is 0 Å². The quantitative estimate of drug-likeness (QED) is 0.477. The molecule has 0 aromatic heterocycles. The molecule has 5 nitrogen and oxygen atoms in total. The van der Waals surface area contributed by atoms with Crippen LogP contribution in [0.4, 0.5) is 0 Å². The molecular formula is C20H30Cl2N2O3. The summed E-state index contributed by atoms with van der Waals surface area (Å²) in [5.74, 6) is -0.393. The van der Waals surface area contributed by atoms with E-state index in [1.807, 2.05) is 0 Å². The highest BCUT2D eigenvalue weighted by Gasteiger charge is 2.55. The van der Waals surface area contributed by atoms with E-state index in [1.54, 1.807) is 0 Å². The van der Waals surface area contributed by atoms with Crippen LogP contribution in [0.5, 0.6) is 0 Å². The average molecular weight is 417 g/mol. The third-order valence-corrected chi connectivity index (χ3v) is 7.63. The highest BCUT2D eigenvalue weighted by molar-refractivity contribution is 6.54. The summed E-state index contributed by atoms with van der Waals surface area (Å²) in [4.78, 5) is 11.6. The first-order chi connectivity index (χ1) is 13.1. The van der Waals surface area contributed by atoms with Crippen molar-refractivity contribution in [1.82, 2.24) is 0 Å². The second kappa shape index (κ2) is 8.25. The smallest absolute Gasteiger partial charge is 0.171 e. The molecular weight excluding hydrogens is 387 g/mol. The molecule has 2 saturated carbocycles. The lowest BCUT2D eigenvalue weighted by Gasteiger charge is -2.42. The van der Waals surface area contributed by atoms with E-state index in [0.717, 1.165) is 58.0 Å². The summed E-state index contributed by atoms with van der Waals surface area (Å²) < 4.78 is 12.4. The summed E-state index contributed by atoms with van der Waals surface area (Å²) in [6.45, 7) is 1.41. The van der Waals surface area contributed by atoms with Crippen LogP contribution in [0.15, 0.2) is 10.2 Å². The van der Waals surface area contributed by atoms with Crippen LogP contribution in [0.2, 0.25) is 0 Å². The lowest BCUT2D eigenvalue weighted by molar-refractivity contribution is -0.131. The molecule has 5 unspecified atom stereocenters. The summed E-state index contributed by atoms with van der Waals surface area (Å²) in [5, 5.41) is 9.68. The molecule has 0 radical (unpaired) electrons. The number of nitrogens with zero attached hydrogens (tertiary/aromatic N) is 2. The lowest BCUT2D eigenvalue weighted by Crippen LogP contribution is -2.52. The molecule has 2 aliphatic heterocycles. The van der Waals surface area contributed by atoms with Gasteiger partial charge in [0.05, 0.1) is 17.6 Å². The number of ether oxygens (including phenoxy) is 2. The minimum atomic E-state index is -0.999. The van der Waals surface area contributed by atoms with Crippen molar-refractivity contribution in [1.29, 1.82) is 0 Å². The Balaban J connectivity index is 1.55. The summed E-state index contributed by atoms with van der Waals surface area (Å²) >= 11 is 11.9. The molecule has 2 saturated heterocycles. The van der Waals surface area contributed by atoms with Crippen LogP contribution in [0.3, 0.4) is 0 Å². The van der Waals surface area contributed by atoms with Crippen molar-refractivity contribution in [2.75, 3.05) is 13.2 Å². The maximum absolute atomic E-state index is 12.6. The van der Waals surface area contributed by atoms with E-state index in [0.29, 0.717) is 13.0 Å². The van der Waals surface area contributed by atoms with Crippen molar-refractivity contribution in [3.05, 3.63) is 0 Å². The molecule has 0 aromatic rings. The molecule has 2 aliphatic carbocycles. The van der Waals surface area contributed by atoms with Gasteiger partial charge in [0.25, 0.3) is 0 Å². The summed E-state index contributed by atoms with van der Waals surface area (Å²) in [6.07, 6.45) is 11.3. The monoisotopic (exact) mass is 416 g/mol. The number of alkyl halides is 2. The fourth-order valence-corrected chi connectivity index (χ4v) is 6.13. The fourth-order valence-electron chi connectivity index (χ4n) is 5.82. The Labute approximate surface area is 171 Å². The van der Waals surface area contributed by atoms with E-state index in [4.69, 9.17) is 42.9 Å². The van der Waals surface area contributed by atoms with Crippen molar-refractivity contribution in [3.8, 4) is 0 Å². The third kappa shape index (κ3) is 3.70. The van der Waals surface area contributed by atoms with E-state index in [2.05, 4.69) is 0 Å². The van der Waals surface area contributed by atoms with E-state index >= 15 is 0 Å². The largest absolute Gasteiger partial charge is 0.373 e. The predicted molar refractivity (Wildman–Crippen MR) is 105 cm³/mol. The summed E-state index contributed by atoms with van der Waals surface area (Å²) in [6, 6.07) is 0.0484. The second-order valence-electron chi connectivity index (χ2n) is 8.62. The highest BCUT2D eigenvalue weighted by atomic mass is 35.5. The molecule has 2 heterocycles. The number of rotatable bonds is 4. The van der Waals surface area contributed by atoms with Crippen LogP contribution >= 0.6 is 23.2 Å². The molecule has 4 aliphatic rings. The van der Waals surface area contributed by atoms with Crippen LogP contribution in [-0.4, -0.2) is 47.1 Å². The van der Waals surface area contributed by atoms with Gasteiger partial charge in [-0.1, -0.05) is 48.9 Å². The highest BCUT2D eigenvalue weighted by Crippen LogP contribution is 2.47. The zero-order valence-corrected chi connectivity index (χ0v) is 17.4. The molecule has 5 atom stereocenters. The third-order valence-electron chi connectivity index (χ3n) is 7.20. The van der Waals surface area contributed by atoms with Crippen molar-refractivity contribution < 1.29 is 14.3 Å². The Kier molecular flexibility index (Phi) is 6.13. The number of Topliss-reactive ketones (excluding diaryl/α,β-unsaturated/α-hetero) is 1. The number of carbonyl (C=O) groups excluding carboxylic acids is 1. The number of hydrogen-bond donors (Lipinski definition) is 0. The molecule has 2 spiro atoms. The van der Waals surface area contributed by atoms with E-state index in [9.17, 15) is 4.79 Å². The molecule has 0 bridgehead atoms. The Hall–Kier alpha value is -0.230. The van der Waals surface area contributed by atoms with Gasteiger partial charge < -0.3 is 9.47 Å². The van der Waals surface area contributed by atoms with Gasteiger partial charge in [0.2, 0.25) is 0 Å². The fraction of sp³-hybridized carbons (Fsp3) is 0.950. The van der Waals surface area contributed by atoms with Gasteiger partial charge in [-0.3, -0.25) is 4.79 Å². The number of carbonyl (C=O) groups is 1. The molecule has 27 heavy (non-hydrogen) atoms. The van der Waals surface area contributed by atoms with Crippen molar-refractivity contribution in [2.24, 2.45) is 16.1 Å². The van der Waals surface area contributed by atoms with E-state index in [-0.39, 0.29) is 29.4 Å². The van der Waals surface area contributed by atoms with Gasteiger partial charge in [-0.25, -0.2) is 0 Å². The maximum atomic E-state index is 12.6. The average Bonchev–Trinajstić information content (AvgIpc) is 3.30. The standard InChI is InChI=1S/C20H30Cl2N2O3/c21-18(22)17(25)14-8-13-27-20(14)11-4-2-7-16(20)24-23-15-6-1-3-9-19(15)10-5-12-26-19/h14-16,18H,1-13H2. The van der Waals surface area contributed by atoms with E-state index in [1.165, 1.54) is 12.8 Å². The van der Waals surface area contributed by atoms with Crippen molar-refractivity contribution in [3.63, 3.8) is 0 Å². The minimum Gasteiger partial charge on any atom is -0.373 e. The van der Waals surface area contributed by atoms with Crippen LogP contribution in [0, 0.1) is 5.92 Å². The van der Waals surface area contributed by atoms with Gasteiger partial charge in [-0.05, 0) is 44.9 Å². The molecule has 0 amide bonds. The van der Waals surface area contributed by atoms with Crippen molar-refractivity contribution >= 4 is 29.0 Å². The van der Waals surface area contributed by atoms with Gasteiger partial charge in [0.1, 0.15) is 11.6 Å². The number of halogens is 2. The summed E-state index contributed by atoms with van der Waals surface area (Å²) in [5.41, 5.74) is -0.675. The molecule has 4 fully saturated rings. The Morgan fingerprint density at radius 2 is 1.56 bits per heavy atom. The summed E-state index contributed by atoms with van der Waals surface area (Å²) in [7, 11) is 0. The molecule has 0 N–H and O–H groups in total. The first kappa shape index (κ1) is 20.1. The van der Waals surface area contributed by atoms with Gasteiger partial charge in [0, 0.05) is 13.2 Å². The van der Waals surface area contributed by atoms with E-state index < -0.39 is 10.4 Å². The molecule has 0 aromatic carbocycles. The lowest BCUT2D eigenvalue weighted by atomic mass is 9.71. The van der Waals surface area contributed by atoms with Crippen LogP contribution < -0.4 is 0 Å². The Morgan fingerprint density at radius 1 is 0.852 bits per heavy atom. The number of ketones is 1. The SMILES string of the molecule is O=C(C(Cl)Cl)C1CCOC12CCCCC2N=NC1CCCCC12CCCO2. The van der Waals surface area contributed by atoms with Gasteiger partial charge in [0.15, 0.2) is 10.6 Å². The predicted octanol–water partition coefficient (Wildman–Crippen LogP) is 5.02. The zero-order chi connectivity index (χ0) is 18.9. The zero-order valence-electron chi connectivity index (χ0n) is 15.9. The number of azo groups is 1. The van der Waals surface area contributed by atoms with Crippen molar-refractivity contribution in [2.45, 2.75) is 98.8 Å². The maximum Gasteiger partial charge on any atom is 0.171 e. The minimum absolute atomic E-state index is 0.0878. The van der Waals surface area contributed by atoms with Crippen LogP contribution in [0.25, 0.3) is 0 Å². The normalized spacial score (nSPS) is 42.7. The topological polar surface area (TPSA) is 60.2 Å². The van der Waals surface area contributed by atoms with Crippen LogP contribution in [-0.2, 0) is 14.3 Å². The first-order valence-corrected chi connectivity index (χ1v) is 11.4. The van der Waals surface area contributed by atoms with Gasteiger partial charge in [-0.2, -0.15) is 10.2 Å².